The molecule has 0 saturated carbocycles. The average molecular weight is 536 g/mol. The van der Waals surface area contributed by atoms with Gasteiger partial charge >= 0.3 is 6.03 Å². The number of carbonyl (C=O) groups is 2. The SMILES string of the molecule is CCNC(=NCCCN1C(=O)NC(C)(CC)C1=O)NCCc1ccc(Cl)cc1.I. The van der Waals surface area contributed by atoms with Crippen molar-refractivity contribution in [2.24, 2.45) is 4.99 Å². The van der Waals surface area contributed by atoms with E-state index in [1.807, 2.05) is 38.1 Å². The van der Waals surface area contributed by atoms with Crippen LogP contribution in [0.25, 0.3) is 0 Å². The van der Waals surface area contributed by atoms with E-state index in [2.05, 4.69) is 20.9 Å². The summed E-state index contributed by atoms with van der Waals surface area (Å²) in [6, 6.07) is 7.48. The number of carbonyl (C=O) groups excluding carboxylic acids is 2. The van der Waals surface area contributed by atoms with Gasteiger partial charge in [0.25, 0.3) is 5.91 Å². The lowest BCUT2D eigenvalue weighted by Crippen LogP contribution is -2.43. The molecule has 1 heterocycles. The minimum atomic E-state index is -0.779. The van der Waals surface area contributed by atoms with E-state index < -0.39 is 5.54 Å². The van der Waals surface area contributed by atoms with Crippen LogP contribution < -0.4 is 16.0 Å². The fourth-order valence-corrected chi connectivity index (χ4v) is 3.05. The number of imide groups is 1. The molecule has 1 aromatic carbocycles. The van der Waals surface area contributed by atoms with E-state index in [0.717, 1.165) is 30.5 Å². The van der Waals surface area contributed by atoms with Crippen LogP contribution in [-0.2, 0) is 11.2 Å². The molecule has 2 rings (SSSR count). The highest BCUT2D eigenvalue weighted by Crippen LogP contribution is 2.20. The molecule has 1 unspecified atom stereocenters. The molecule has 0 radical (unpaired) electrons. The molecule has 162 valence electrons. The largest absolute Gasteiger partial charge is 0.357 e. The molecule has 1 aliphatic heterocycles. The maximum absolute atomic E-state index is 12.4. The molecule has 1 aliphatic rings. The van der Waals surface area contributed by atoms with E-state index in [0.29, 0.717) is 25.9 Å². The topological polar surface area (TPSA) is 85.8 Å². The molecule has 0 bridgehead atoms. The van der Waals surface area contributed by atoms with E-state index in [4.69, 9.17) is 11.6 Å². The number of hydrogen-bond acceptors (Lipinski definition) is 3. The summed E-state index contributed by atoms with van der Waals surface area (Å²) >= 11 is 5.90. The van der Waals surface area contributed by atoms with Crippen molar-refractivity contribution in [2.45, 2.75) is 45.6 Å². The van der Waals surface area contributed by atoms with Crippen LogP contribution in [0.3, 0.4) is 0 Å². The van der Waals surface area contributed by atoms with Crippen molar-refractivity contribution in [1.29, 1.82) is 0 Å². The second-order valence-electron chi connectivity index (χ2n) is 6.99. The molecule has 0 aliphatic carbocycles. The molecular weight excluding hydrogens is 505 g/mol. The molecule has 1 saturated heterocycles. The van der Waals surface area contributed by atoms with Gasteiger partial charge in [0, 0.05) is 31.2 Å². The summed E-state index contributed by atoms with van der Waals surface area (Å²) in [6.45, 7) is 8.06. The number of halogens is 2. The molecule has 9 heteroatoms. The Balaban J connectivity index is 0.00000420. The number of guanidine groups is 1. The number of rotatable bonds is 9. The molecule has 3 N–H and O–H groups in total. The quantitative estimate of drug-likeness (QED) is 0.149. The second-order valence-corrected chi connectivity index (χ2v) is 7.43. The van der Waals surface area contributed by atoms with Crippen molar-refractivity contribution < 1.29 is 9.59 Å². The van der Waals surface area contributed by atoms with Gasteiger partial charge in [-0.1, -0.05) is 30.7 Å². The Morgan fingerprint density at radius 2 is 1.90 bits per heavy atom. The van der Waals surface area contributed by atoms with Gasteiger partial charge in [0.2, 0.25) is 0 Å². The van der Waals surface area contributed by atoms with Gasteiger partial charge in [-0.25, -0.2) is 4.79 Å². The van der Waals surface area contributed by atoms with Crippen LogP contribution in [0.15, 0.2) is 29.3 Å². The Hall–Kier alpha value is -1.55. The van der Waals surface area contributed by atoms with Gasteiger partial charge < -0.3 is 16.0 Å². The predicted molar refractivity (Wildman–Crippen MR) is 128 cm³/mol. The highest BCUT2D eigenvalue weighted by Gasteiger charge is 2.45. The number of hydrogen-bond donors (Lipinski definition) is 3. The highest BCUT2D eigenvalue weighted by atomic mass is 127. The molecular formula is C20H31ClIN5O2. The van der Waals surface area contributed by atoms with E-state index in [1.54, 1.807) is 6.92 Å². The van der Waals surface area contributed by atoms with Gasteiger partial charge in [0.1, 0.15) is 5.54 Å². The zero-order valence-electron chi connectivity index (χ0n) is 17.3. The molecule has 3 amide bonds. The van der Waals surface area contributed by atoms with Crippen molar-refractivity contribution >= 4 is 53.5 Å². The molecule has 1 aromatic rings. The predicted octanol–water partition coefficient (Wildman–Crippen LogP) is 3.17. The Labute approximate surface area is 195 Å². The third kappa shape index (κ3) is 7.33. The first-order valence-electron chi connectivity index (χ1n) is 9.80. The first-order chi connectivity index (χ1) is 13.4. The zero-order chi connectivity index (χ0) is 20.6. The monoisotopic (exact) mass is 535 g/mol. The Morgan fingerprint density at radius 3 is 2.48 bits per heavy atom. The number of benzene rings is 1. The number of aliphatic imine (C=N–C) groups is 1. The number of urea groups is 1. The van der Waals surface area contributed by atoms with Gasteiger partial charge in [0.05, 0.1) is 0 Å². The van der Waals surface area contributed by atoms with Gasteiger partial charge in [-0.2, -0.15) is 0 Å². The highest BCUT2D eigenvalue weighted by molar-refractivity contribution is 14.0. The zero-order valence-corrected chi connectivity index (χ0v) is 20.3. The van der Waals surface area contributed by atoms with Gasteiger partial charge in [-0.05, 0) is 50.8 Å². The summed E-state index contributed by atoms with van der Waals surface area (Å²) in [5, 5.41) is 10.0. The summed E-state index contributed by atoms with van der Waals surface area (Å²) in [5.41, 5.74) is 0.420. The van der Waals surface area contributed by atoms with E-state index in [1.165, 1.54) is 10.5 Å². The smallest absolute Gasteiger partial charge is 0.325 e. The van der Waals surface area contributed by atoms with Gasteiger partial charge in [-0.3, -0.25) is 14.7 Å². The Morgan fingerprint density at radius 1 is 1.21 bits per heavy atom. The molecule has 29 heavy (non-hydrogen) atoms. The Kier molecular flexibility index (Phi) is 10.7. The summed E-state index contributed by atoms with van der Waals surface area (Å²) in [6.07, 6.45) is 2.06. The summed E-state index contributed by atoms with van der Waals surface area (Å²) < 4.78 is 0. The van der Waals surface area contributed by atoms with Crippen LogP contribution >= 0.6 is 35.6 Å². The van der Waals surface area contributed by atoms with Crippen LogP contribution in [0.2, 0.25) is 5.02 Å². The minimum Gasteiger partial charge on any atom is -0.357 e. The number of nitrogens with zero attached hydrogens (tertiary/aromatic N) is 2. The second kappa shape index (κ2) is 12.2. The van der Waals surface area contributed by atoms with Crippen LogP contribution in [0.5, 0.6) is 0 Å². The fraction of sp³-hybridized carbons (Fsp3) is 0.550. The standard InChI is InChI=1S/C20H30ClN5O2.HI/c1-4-20(3)17(27)26(19(28)25-20)14-6-12-23-18(22-5-2)24-13-11-15-7-9-16(21)10-8-15;/h7-10H,4-6,11-14H2,1-3H3,(H,25,28)(H2,22,23,24);1H. The fourth-order valence-electron chi connectivity index (χ4n) is 2.93. The lowest BCUT2D eigenvalue weighted by molar-refractivity contribution is -0.130. The van der Waals surface area contributed by atoms with Crippen molar-refractivity contribution in [3.8, 4) is 0 Å². The van der Waals surface area contributed by atoms with Crippen molar-refractivity contribution in [1.82, 2.24) is 20.9 Å². The number of nitrogens with one attached hydrogen (secondary N) is 3. The Bertz CT molecular complexity index is 713. The summed E-state index contributed by atoms with van der Waals surface area (Å²) in [5.74, 6) is 0.573. The normalized spacial score (nSPS) is 19.0. The van der Waals surface area contributed by atoms with Gasteiger partial charge in [-0.15, -0.1) is 24.0 Å². The van der Waals surface area contributed by atoms with Crippen LogP contribution in [-0.4, -0.2) is 54.5 Å². The first-order valence-corrected chi connectivity index (χ1v) is 10.2. The lowest BCUT2D eigenvalue weighted by Gasteiger charge is -2.19. The number of amides is 3. The van der Waals surface area contributed by atoms with E-state index in [-0.39, 0.29) is 35.9 Å². The van der Waals surface area contributed by atoms with Crippen LogP contribution in [0.4, 0.5) is 4.79 Å². The molecule has 7 nitrogen and oxygen atoms in total. The minimum absolute atomic E-state index is 0. The lowest BCUT2D eigenvalue weighted by atomic mass is 9.99. The average Bonchev–Trinajstić information content (AvgIpc) is 2.89. The van der Waals surface area contributed by atoms with Crippen molar-refractivity contribution in [2.75, 3.05) is 26.2 Å². The maximum Gasteiger partial charge on any atom is 0.325 e. The molecule has 1 fully saturated rings. The van der Waals surface area contributed by atoms with Gasteiger partial charge in [0.15, 0.2) is 5.96 Å². The van der Waals surface area contributed by atoms with Crippen LogP contribution in [0.1, 0.15) is 39.2 Å². The molecule has 0 aromatic heterocycles. The van der Waals surface area contributed by atoms with Crippen molar-refractivity contribution in [3.63, 3.8) is 0 Å². The third-order valence-electron chi connectivity index (χ3n) is 4.83. The molecule has 1 atom stereocenters. The van der Waals surface area contributed by atoms with Crippen LogP contribution in [0, 0.1) is 0 Å². The summed E-state index contributed by atoms with van der Waals surface area (Å²) in [4.78, 5) is 30.2. The first kappa shape index (κ1) is 25.5. The van der Waals surface area contributed by atoms with E-state index in [9.17, 15) is 9.59 Å². The van der Waals surface area contributed by atoms with Crippen molar-refractivity contribution in [3.05, 3.63) is 34.9 Å². The maximum atomic E-state index is 12.4. The molecule has 0 spiro atoms. The van der Waals surface area contributed by atoms with E-state index >= 15 is 0 Å². The third-order valence-corrected chi connectivity index (χ3v) is 5.08. The summed E-state index contributed by atoms with van der Waals surface area (Å²) in [7, 11) is 0.